The van der Waals surface area contributed by atoms with Crippen LogP contribution in [-0.4, -0.2) is 54.0 Å². The first-order valence-corrected chi connectivity index (χ1v) is 7.36. The van der Waals surface area contributed by atoms with E-state index in [0.29, 0.717) is 13.1 Å². The van der Waals surface area contributed by atoms with E-state index < -0.39 is 0 Å². The number of hydrogen-bond donors (Lipinski definition) is 1. The molecule has 4 nitrogen and oxygen atoms in total. The predicted octanol–water partition coefficient (Wildman–Crippen LogP) is 1.45. The fourth-order valence-corrected chi connectivity index (χ4v) is 2.96. The van der Waals surface area contributed by atoms with Crippen LogP contribution in [0.1, 0.15) is 46.5 Å². The van der Waals surface area contributed by atoms with Crippen molar-refractivity contribution in [3.05, 3.63) is 0 Å². The molecule has 0 saturated carbocycles. The normalized spacial score (nSPS) is 16.6. The van der Waals surface area contributed by atoms with Gasteiger partial charge in [-0.15, -0.1) is 0 Å². The third kappa shape index (κ3) is 3.23. The molecule has 0 aromatic carbocycles. The summed E-state index contributed by atoms with van der Waals surface area (Å²) in [6, 6.07) is 0. The topological polar surface area (TPSA) is 49.6 Å². The van der Waals surface area contributed by atoms with E-state index >= 15 is 0 Å². The molecular formula is C14H29N3O. The lowest BCUT2D eigenvalue weighted by Gasteiger charge is -2.42. The van der Waals surface area contributed by atoms with Gasteiger partial charge >= 0.3 is 0 Å². The molecule has 1 heterocycles. The maximum atomic E-state index is 12.3. The van der Waals surface area contributed by atoms with Crippen molar-refractivity contribution in [2.75, 3.05) is 32.7 Å². The van der Waals surface area contributed by atoms with Gasteiger partial charge in [0.05, 0.1) is 6.54 Å². The van der Waals surface area contributed by atoms with E-state index in [1.807, 2.05) is 4.90 Å². The first-order valence-electron chi connectivity index (χ1n) is 7.36. The quantitative estimate of drug-likeness (QED) is 0.749. The molecule has 0 aromatic rings. The molecular weight excluding hydrogens is 226 g/mol. The van der Waals surface area contributed by atoms with Crippen molar-refractivity contribution in [2.24, 2.45) is 5.73 Å². The van der Waals surface area contributed by atoms with Gasteiger partial charge in [0.2, 0.25) is 5.91 Å². The maximum Gasteiger partial charge on any atom is 0.236 e. The number of hydrogen-bond acceptors (Lipinski definition) is 3. The van der Waals surface area contributed by atoms with Gasteiger partial charge in [-0.2, -0.15) is 0 Å². The van der Waals surface area contributed by atoms with Gasteiger partial charge in [0.15, 0.2) is 0 Å². The first kappa shape index (κ1) is 15.4. The van der Waals surface area contributed by atoms with Crippen LogP contribution in [0.25, 0.3) is 0 Å². The Hall–Kier alpha value is -0.610. The molecule has 0 spiro atoms. The van der Waals surface area contributed by atoms with E-state index in [-0.39, 0.29) is 11.4 Å². The highest BCUT2D eigenvalue weighted by atomic mass is 16.2. The van der Waals surface area contributed by atoms with Crippen LogP contribution >= 0.6 is 0 Å². The van der Waals surface area contributed by atoms with E-state index in [0.717, 1.165) is 45.3 Å². The summed E-state index contributed by atoms with van der Waals surface area (Å²) in [5, 5.41) is 0. The zero-order valence-corrected chi connectivity index (χ0v) is 12.2. The fraction of sp³-hybridized carbons (Fsp3) is 0.929. The Morgan fingerprint density at radius 3 is 2.17 bits per heavy atom. The first-order chi connectivity index (χ1) is 8.63. The summed E-state index contributed by atoms with van der Waals surface area (Å²) in [4.78, 5) is 16.5. The van der Waals surface area contributed by atoms with Gasteiger partial charge in [0.25, 0.3) is 0 Å². The Balaban J connectivity index is 2.67. The Bertz CT molecular complexity index is 250. The number of amides is 1. The smallest absolute Gasteiger partial charge is 0.236 e. The van der Waals surface area contributed by atoms with Gasteiger partial charge in [-0.1, -0.05) is 20.8 Å². The van der Waals surface area contributed by atoms with Gasteiger partial charge in [0.1, 0.15) is 0 Å². The van der Waals surface area contributed by atoms with Crippen LogP contribution in [0.4, 0.5) is 0 Å². The van der Waals surface area contributed by atoms with Crippen molar-refractivity contribution < 1.29 is 4.79 Å². The molecule has 1 fully saturated rings. The molecule has 1 rings (SSSR count). The molecule has 0 atom stereocenters. The lowest BCUT2D eigenvalue weighted by Crippen LogP contribution is -2.56. The Morgan fingerprint density at radius 2 is 1.78 bits per heavy atom. The van der Waals surface area contributed by atoms with Crippen LogP contribution in [0.5, 0.6) is 0 Å². The maximum absolute atomic E-state index is 12.3. The molecule has 0 bridgehead atoms. The summed E-state index contributed by atoms with van der Waals surface area (Å²) >= 11 is 0. The number of nitrogens with zero attached hydrogens (tertiary/aromatic N) is 2. The third-order valence-electron chi connectivity index (χ3n) is 4.53. The van der Waals surface area contributed by atoms with Crippen molar-refractivity contribution in [1.29, 1.82) is 0 Å². The summed E-state index contributed by atoms with van der Waals surface area (Å²) in [5.41, 5.74) is 5.96. The number of rotatable bonds is 7. The highest BCUT2D eigenvalue weighted by Gasteiger charge is 2.33. The number of likely N-dealkylation sites (N-methyl/N-ethyl adjacent to an activating group) is 1. The lowest BCUT2D eigenvalue weighted by molar-refractivity contribution is -0.133. The van der Waals surface area contributed by atoms with Crippen LogP contribution < -0.4 is 5.73 Å². The zero-order valence-electron chi connectivity index (χ0n) is 12.2. The van der Waals surface area contributed by atoms with Crippen molar-refractivity contribution >= 4 is 5.91 Å². The molecule has 106 valence electrons. The molecule has 4 heteroatoms. The molecule has 18 heavy (non-hydrogen) atoms. The highest BCUT2D eigenvalue weighted by Crippen LogP contribution is 2.23. The van der Waals surface area contributed by atoms with Crippen LogP contribution in [0.15, 0.2) is 0 Å². The van der Waals surface area contributed by atoms with E-state index in [1.54, 1.807) is 0 Å². The Morgan fingerprint density at radius 1 is 1.22 bits per heavy atom. The second-order valence-electron chi connectivity index (χ2n) is 5.24. The van der Waals surface area contributed by atoms with E-state index in [2.05, 4.69) is 25.7 Å². The fourth-order valence-electron chi connectivity index (χ4n) is 2.96. The summed E-state index contributed by atoms with van der Waals surface area (Å²) in [6.45, 7) is 10.4. The number of carbonyl (C=O) groups is 1. The standard InChI is InChI=1S/C14H29N3O/c1-4-14(5-2,12-15)17(6-3)11-13(18)16-9-7-8-10-16/h4-12,15H2,1-3H3. The van der Waals surface area contributed by atoms with E-state index in [9.17, 15) is 4.79 Å². The molecule has 0 unspecified atom stereocenters. The summed E-state index contributed by atoms with van der Waals surface area (Å²) in [6.07, 6.45) is 4.31. The molecule has 1 saturated heterocycles. The molecule has 1 aliphatic rings. The minimum absolute atomic E-state index is 0.00979. The minimum Gasteiger partial charge on any atom is -0.342 e. The van der Waals surface area contributed by atoms with Crippen LogP contribution in [0.3, 0.4) is 0 Å². The van der Waals surface area contributed by atoms with Gasteiger partial charge < -0.3 is 10.6 Å². The summed E-state index contributed by atoms with van der Waals surface area (Å²) in [7, 11) is 0. The molecule has 0 radical (unpaired) electrons. The van der Waals surface area contributed by atoms with E-state index in [1.165, 1.54) is 0 Å². The highest BCUT2D eigenvalue weighted by molar-refractivity contribution is 5.78. The van der Waals surface area contributed by atoms with Gasteiger partial charge in [-0.25, -0.2) is 0 Å². The second-order valence-corrected chi connectivity index (χ2v) is 5.24. The Kier molecular flexibility index (Phi) is 6.09. The van der Waals surface area contributed by atoms with Crippen molar-refractivity contribution in [3.63, 3.8) is 0 Å². The zero-order chi connectivity index (χ0) is 13.6. The van der Waals surface area contributed by atoms with Gasteiger partial charge in [-0.3, -0.25) is 9.69 Å². The Labute approximate surface area is 111 Å². The predicted molar refractivity (Wildman–Crippen MR) is 75.4 cm³/mol. The third-order valence-corrected chi connectivity index (χ3v) is 4.53. The molecule has 0 aromatic heterocycles. The SMILES string of the molecule is CCN(CC(=O)N1CCCC1)C(CC)(CC)CN. The average Bonchev–Trinajstić information content (AvgIpc) is 2.93. The summed E-state index contributed by atoms with van der Waals surface area (Å²) < 4.78 is 0. The lowest BCUT2D eigenvalue weighted by atomic mass is 9.90. The van der Waals surface area contributed by atoms with Gasteiger partial charge in [-0.05, 0) is 32.2 Å². The summed E-state index contributed by atoms with van der Waals surface area (Å²) in [5.74, 6) is 0.272. The number of carbonyl (C=O) groups excluding carboxylic acids is 1. The second kappa shape index (κ2) is 7.10. The van der Waals surface area contributed by atoms with Crippen LogP contribution in [0.2, 0.25) is 0 Å². The van der Waals surface area contributed by atoms with Crippen molar-refractivity contribution in [2.45, 2.75) is 52.0 Å². The molecule has 1 amide bonds. The average molecular weight is 255 g/mol. The van der Waals surface area contributed by atoms with Crippen LogP contribution in [0, 0.1) is 0 Å². The van der Waals surface area contributed by atoms with E-state index in [4.69, 9.17) is 5.73 Å². The van der Waals surface area contributed by atoms with Crippen LogP contribution in [-0.2, 0) is 4.79 Å². The number of likely N-dealkylation sites (tertiary alicyclic amines) is 1. The largest absolute Gasteiger partial charge is 0.342 e. The molecule has 0 aliphatic carbocycles. The molecule has 1 aliphatic heterocycles. The number of nitrogens with two attached hydrogens (primary N) is 1. The minimum atomic E-state index is -0.00979. The van der Waals surface area contributed by atoms with Crippen molar-refractivity contribution in [3.8, 4) is 0 Å². The van der Waals surface area contributed by atoms with Gasteiger partial charge in [0, 0.05) is 25.2 Å². The monoisotopic (exact) mass is 255 g/mol. The molecule has 2 N–H and O–H groups in total. The van der Waals surface area contributed by atoms with Crippen molar-refractivity contribution in [1.82, 2.24) is 9.80 Å².